The molecule has 0 radical (unpaired) electrons. The third kappa shape index (κ3) is 4.70. The van der Waals surface area contributed by atoms with Gasteiger partial charge in [-0.25, -0.2) is 0 Å². The number of benzene rings is 2. The van der Waals surface area contributed by atoms with E-state index in [1.807, 2.05) is 24.3 Å². The number of ether oxygens (including phenoxy) is 1. The normalized spacial score (nSPS) is 10.4. The van der Waals surface area contributed by atoms with Crippen LogP contribution in [0.5, 0.6) is 5.75 Å². The molecule has 0 amide bonds. The molecule has 0 atom stereocenters. The fourth-order valence-electron chi connectivity index (χ4n) is 2.48. The lowest BCUT2D eigenvalue weighted by atomic mass is 10.1. The second-order valence-corrected chi connectivity index (χ2v) is 5.41. The number of nitro groups is 1. The number of anilines is 2. The van der Waals surface area contributed by atoms with Gasteiger partial charge in [0.05, 0.1) is 12.0 Å². The maximum absolute atomic E-state index is 10.8. The van der Waals surface area contributed by atoms with Crippen LogP contribution in [0.25, 0.3) is 0 Å². The molecule has 0 fully saturated rings. The zero-order valence-corrected chi connectivity index (χ0v) is 13.7. The van der Waals surface area contributed by atoms with Crippen LogP contribution in [-0.4, -0.2) is 30.3 Å². The van der Waals surface area contributed by atoms with E-state index >= 15 is 0 Å². The van der Waals surface area contributed by atoms with E-state index in [4.69, 9.17) is 9.84 Å². The Morgan fingerprint density at radius 3 is 2.08 bits per heavy atom. The number of unbranched alkanes of at least 4 members (excludes halogenated alkanes) is 2. The van der Waals surface area contributed by atoms with Crippen molar-refractivity contribution in [1.29, 1.82) is 0 Å². The van der Waals surface area contributed by atoms with E-state index in [0.717, 1.165) is 42.9 Å². The van der Waals surface area contributed by atoms with Crippen molar-refractivity contribution >= 4 is 17.1 Å². The Kier molecular flexibility index (Phi) is 6.57. The van der Waals surface area contributed by atoms with E-state index in [-0.39, 0.29) is 12.3 Å². The van der Waals surface area contributed by atoms with E-state index in [1.165, 1.54) is 12.1 Å². The smallest absolute Gasteiger partial charge is 0.269 e. The average molecular weight is 330 g/mol. The topological polar surface area (TPSA) is 75.8 Å². The number of hydrogen-bond acceptors (Lipinski definition) is 5. The minimum atomic E-state index is -0.400. The lowest BCUT2D eigenvalue weighted by Gasteiger charge is -2.25. The van der Waals surface area contributed by atoms with Gasteiger partial charge in [0.15, 0.2) is 0 Å². The first-order valence-electron chi connectivity index (χ1n) is 7.92. The summed E-state index contributed by atoms with van der Waals surface area (Å²) in [6, 6.07) is 14.3. The molecule has 2 aromatic rings. The Balaban J connectivity index is 2.21. The fraction of sp³-hybridized carbons (Fsp3) is 0.333. The first kappa shape index (κ1) is 17.7. The lowest BCUT2D eigenvalue weighted by Crippen LogP contribution is -2.18. The molecule has 0 aliphatic heterocycles. The van der Waals surface area contributed by atoms with Crippen molar-refractivity contribution in [2.75, 3.05) is 25.2 Å². The van der Waals surface area contributed by atoms with Crippen LogP contribution in [0.1, 0.15) is 19.3 Å². The highest BCUT2D eigenvalue weighted by molar-refractivity contribution is 5.65. The Morgan fingerprint density at radius 1 is 1.00 bits per heavy atom. The molecule has 128 valence electrons. The number of rotatable bonds is 9. The Bertz CT molecular complexity index is 641. The summed E-state index contributed by atoms with van der Waals surface area (Å²) in [6.45, 7) is 0.963. The minimum Gasteiger partial charge on any atom is -0.497 e. The molecule has 24 heavy (non-hydrogen) atoms. The van der Waals surface area contributed by atoms with E-state index in [2.05, 4.69) is 4.90 Å². The highest BCUT2D eigenvalue weighted by Crippen LogP contribution is 2.29. The number of nitrogens with zero attached hydrogens (tertiary/aromatic N) is 2. The van der Waals surface area contributed by atoms with Crippen LogP contribution in [0, 0.1) is 10.1 Å². The molecule has 2 rings (SSSR count). The van der Waals surface area contributed by atoms with Gasteiger partial charge in [-0.2, -0.15) is 0 Å². The number of hydrogen-bond donors (Lipinski definition) is 1. The molecule has 0 spiro atoms. The molecule has 0 bridgehead atoms. The number of nitro benzene ring substituents is 1. The largest absolute Gasteiger partial charge is 0.497 e. The third-order valence-corrected chi connectivity index (χ3v) is 3.80. The zero-order valence-electron chi connectivity index (χ0n) is 13.7. The SMILES string of the molecule is COc1ccc(N(CCCCCO)c2ccc([N+](=O)[O-])cc2)cc1. The van der Waals surface area contributed by atoms with Crippen molar-refractivity contribution in [1.82, 2.24) is 0 Å². The van der Waals surface area contributed by atoms with E-state index in [0.29, 0.717) is 0 Å². The number of aliphatic hydroxyl groups is 1. The minimum absolute atomic E-state index is 0.0775. The van der Waals surface area contributed by atoms with E-state index in [9.17, 15) is 10.1 Å². The van der Waals surface area contributed by atoms with Gasteiger partial charge in [0.2, 0.25) is 0 Å². The van der Waals surface area contributed by atoms with Gasteiger partial charge in [-0.3, -0.25) is 10.1 Å². The Labute approximate surface area is 141 Å². The van der Waals surface area contributed by atoms with Crippen molar-refractivity contribution in [3.63, 3.8) is 0 Å². The van der Waals surface area contributed by atoms with Crippen LogP contribution in [0.2, 0.25) is 0 Å². The molecule has 0 aromatic heterocycles. The van der Waals surface area contributed by atoms with Crippen LogP contribution >= 0.6 is 0 Å². The van der Waals surface area contributed by atoms with Crippen molar-refractivity contribution in [3.8, 4) is 5.75 Å². The van der Waals surface area contributed by atoms with Crippen molar-refractivity contribution in [2.45, 2.75) is 19.3 Å². The molecule has 0 unspecified atom stereocenters. The molecule has 2 aromatic carbocycles. The van der Waals surface area contributed by atoms with Gasteiger partial charge in [0.25, 0.3) is 5.69 Å². The van der Waals surface area contributed by atoms with Crippen LogP contribution in [0.3, 0.4) is 0 Å². The van der Waals surface area contributed by atoms with Crippen molar-refractivity contribution < 1.29 is 14.8 Å². The standard InChI is InChI=1S/C18H22N2O4/c1-24-18-11-9-16(10-12-18)19(13-3-2-4-14-21)15-5-7-17(8-6-15)20(22)23/h5-12,21H,2-4,13-14H2,1H3. The summed E-state index contributed by atoms with van der Waals surface area (Å²) in [4.78, 5) is 12.5. The number of non-ortho nitro benzene ring substituents is 1. The summed E-state index contributed by atoms with van der Waals surface area (Å²) in [7, 11) is 1.62. The van der Waals surface area contributed by atoms with Gasteiger partial charge in [0.1, 0.15) is 5.75 Å². The molecule has 6 nitrogen and oxygen atoms in total. The second-order valence-electron chi connectivity index (χ2n) is 5.41. The Hall–Kier alpha value is -2.60. The predicted octanol–water partition coefficient (Wildman–Crippen LogP) is 3.90. The van der Waals surface area contributed by atoms with Gasteiger partial charge < -0.3 is 14.7 Å². The van der Waals surface area contributed by atoms with Gasteiger partial charge in [-0.1, -0.05) is 0 Å². The summed E-state index contributed by atoms with van der Waals surface area (Å²) < 4.78 is 5.19. The zero-order chi connectivity index (χ0) is 17.4. The second kappa shape index (κ2) is 8.88. The molecule has 1 N–H and O–H groups in total. The monoisotopic (exact) mass is 330 g/mol. The molecule has 0 heterocycles. The molecule has 0 aliphatic rings. The van der Waals surface area contributed by atoms with Crippen LogP contribution in [0.15, 0.2) is 48.5 Å². The molecular weight excluding hydrogens is 308 g/mol. The van der Waals surface area contributed by atoms with Crippen LogP contribution in [0.4, 0.5) is 17.1 Å². The quantitative estimate of drug-likeness (QED) is 0.429. The number of methoxy groups -OCH3 is 1. The highest BCUT2D eigenvalue weighted by atomic mass is 16.6. The van der Waals surface area contributed by atoms with Gasteiger partial charge in [-0.05, 0) is 55.7 Å². The third-order valence-electron chi connectivity index (χ3n) is 3.80. The summed E-state index contributed by atoms with van der Waals surface area (Å²) in [5.41, 5.74) is 1.97. The maximum Gasteiger partial charge on any atom is 0.269 e. The summed E-state index contributed by atoms with van der Waals surface area (Å²) >= 11 is 0. The summed E-state index contributed by atoms with van der Waals surface area (Å²) in [5, 5.41) is 19.7. The van der Waals surface area contributed by atoms with Crippen LogP contribution in [-0.2, 0) is 0 Å². The van der Waals surface area contributed by atoms with Gasteiger partial charge >= 0.3 is 0 Å². The first-order chi connectivity index (χ1) is 11.7. The molecule has 6 heteroatoms. The molecule has 0 saturated carbocycles. The lowest BCUT2D eigenvalue weighted by molar-refractivity contribution is -0.384. The first-order valence-corrected chi connectivity index (χ1v) is 7.92. The predicted molar refractivity (Wildman–Crippen MR) is 94.0 cm³/mol. The van der Waals surface area contributed by atoms with Crippen LogP contribution < -0.4 is 9.64 Å². The molecule has 0 saturated heterocycles. The molecular formula is C18H22N2O4. The maximum atomic E-state index is 10.8. The highest BCUT2D eigenvalue weighted by Gasteiger charge is 2.12. The summed E-state index contributed by atoms with van der Waals surface area (Å²) in [5.74, 6) is 0.780. The van der Waals surface area contributed by atoms with E-state index < -0.39 is 4.92 Å². The average Bonchev–Trinajstić information content (AvgIpc) is 2.62. The molecule has 0 aliphatic carbocycles. The van der Waals surface area contributed by atoms with Gasteiger partial charge in [0, 0.05) is 36.7 Å². The Morgan fingerprint density at radius 2 is 1.58 bits per heavy atom. The van der Waals surface area contributed by atoms with Gasteiger partial charge in [-0.15, -0.1) is 0 Å². The van der Waals surface area contributed by atoms with Crippen molar-refractivity contribution in [3.05, 3.63) is 58.6 Å². The fourth-order valence-corrected chi connectivity index (χ4v) is 2.48. The number of aliphatic hydroxyl groups excluding tert-OH is 1. The summed E-state index contributed by atoms with van der Waals surface area (Å²) in [6.07, 6.45) is 2.62. The van der Waals surface area contributed by atoms with E-state index in [1.54, 1.807) is 19.2 Å². The van der Waals surface area contributed by atoms with Crippen molar-refractivity contribution in [2.24, 2.45) is 0 Å².